The molecule has 0 aromatic heterocycles. The number of rotatable bonds is 62. The van der Waals surface area contributed by atoms with Crippen molar-refractivity contribution in [2.75, 3.05) is 13.2 Å². The molecule has 0 saturated carbocycles. The van der Waals surface area contributed by atoms with Crippen molar-refractivity contribution in [3.05, 3.63) is 0 Å². The van der Waals surface area contributed by atoms with Crippen molar-refractivity contribution in [1.82, 2.24) is 0 Å². The molecule has 0 bridgehead atoms. The van der Waals surface area contributed by atoms with Crippen molar-refractivity contribution in [3.63, 3.8) is 0 Å². The van der Waals surface area contributed by atoms with Crippen molar-refractivity contribution in [2.45, 2.75) is 394 Å². The highest BCUT2D eigenvalue weighted by Crippen LogP contribution is 2.20. The van der Waals surface area contributed by atoms with Gasteiger partial charge >= 0.3 is 17.9 Å². The SMILES string of the molecule is CCC(C)CCCCCCCCCCCCCCCCCCCCC(=O)OC[C@@H](COC(=O)CCCCCCCCCCCCCC(C)C)OC(=O)CCCCCCCCCCCCCCCCCCCCC(C)C. The third-order valence-corrected chi connectivity index (χ3v) is 16.3. The molecule has 2 atom stereocenters. The van der Waals surface area contributed by atoms with Crippen LogP contribution in [-0.4, -0.2) is 37.2 Å². The summed E-state index contributed by atoms with van der Waals surface area (Å²) in [5, 5.41) is 0. The molecule has 0 fully saturated rings. The van der Waals surface area contributed by atoms with Gasteiger partial charge in [0.1, 0.15) is 13.2 Å². The number of esters is 3. The smallest absolute Gasteiger partial charge is 0.306 e. The summed E-state index contributed by atoms with van der Waals surface area (Å²) in [6.07, 6.45) is 66.8. The maximum absolute atomic E-state index is 12.9. The van der Waals surface area contributed by atoms with Gasteiger partial charge in [0, 0.05) is 19.3 Å². The van der Waals surface area contributed by atoms with Gasteiger partial charge in [-0.2, -0.15) is 0 Å². The third-order valence-electron chi connectivity index (χ3n) is 16.3. The first kappa shape index (κ1) is 73.4. The van der Waals surface area contributed by atoms with Crippen molar-refractivity contribution in [3.8, 4) is 0 Å². The Balaban J connectivity index is 4.25. The predicted molar refractivity (Wildman–Crippen MR) is 326 cm³/mol. The molecule has 0 N–H and O–H groups in total. The van der Waals surface area contributed by atoms with Gasteiger partial charge in [0.25, 0.3) is 0 Å². The molecule has 0 saturated heterocycles. The molecule has 0 radical (unpaired) electrons. The van der Waals surface area contributed by atoms with Gasteiger partial charge in [0.15, 0.2) is 6.10 Å². The van der Waals surface area contributed by atoms with Gasteiger partial charge in [-0.25, -0.2) is 0 Å². The average molecular weight is 1060 g/mol. The van der Waals surface area contributed by atoms with Crippen LogP contribution < -0.4 is 0 Å². The second kappa shape index (κ2) is 60.1. The number of unbranched alkanes of at least 4 members (excludes halogenated alkanes) is 44. The molecule has 0 rings (SSSR count). The molecule has 0 aliphatic heterocycles. The van der Waals surface area contributed by atoms with Crippen LogP contribution in [-0.2, 0) is 28.6 Å². The summed E-state index contributed by atoms with van der Waals surface area (Å²) in [4.78, 5) is 38.4. The summed E-state index contributed by atoms with van der Waals surface area (Å²) in [5.74, 6) is 1.76. The number of carbonyl (C=O) groups excluding carboxylic acids is 3. The summed E-state index contributed by atoms with van der Waals surface area (Å²) in [7, 11) is 0. The van der Waals surface area contributed by atoms with E-state index in [-0.39, 0.29) is 31.1 Å². The van der Waals surface area contributed by atoms with Crippen LogP contribution in [0.15, 0.2) is 0 Å². The highest BCUT2D eigenvalue weighted by atomic mass is 16.6. The predicted octanol–water partition coefficient (Wildman–Crippen LogP) is 23.0. The van der Waals surface area contributed by atoms with E-state index in [1.807, 2.05) is 0 Å². The molecule has 0 aromatic rings. The lowest BCUT2D eigenvalue weighted by Gasteiger charge is -2.18. The Hall–Kier alpha value is -1.59. The number of hydrogen-bond acceptors (Lipinski definition) is 6. The van der Waals surface area contributed by atoms with Crippen LogP contribution in [0, 0.1) is 17.8 Å². The van der Waals surface area contributed by atoms with Gasteiger partial charge in [-0.3, -0.25) is 14.4 Å². The minimum Gasteiger partial charge on any atom is -0.462 e. The molecule has 0 spiro atoms. The number of ether oxygens (including phenoxy) is 3. The molecule has 0 heterocycles. The van der Waals surface area contributed by atoms with E-state index in [4.69, 9.17) is 14.2 Å². The van der Waals surface area contributed by atoms with E-state index < -0.39 is 6.10 Å². The standard InChI is InChI=1S/C69H134O6/c1-7-65(6)57-51-45-39-33-27-21-17-13-9-11-14-18-22-28-34-40-46-52-58-67(70)73-61-66(62-74-68(71)59-53-47-41-35-30-24-26-32-38-44-50-56-64(4)5)75-69(72)60-54-48-42-36-29-23-19-15-10-8-12-16-20-25-31-37-43-49-55-63(2)3/h63-66H,7-62H2,1-6H3/t65?,66-/m0/s1. The average Bonchev–Trinajstić information content (AvgIpc) is 3.39. The molecule has 6 heteroatoms. The van der Waals surface area contributed by atoms with Crippen LogP contribution in [0.1, 0.15) is 388 Å². The van der Waals surface area contributed by atoms with Crippen molar-refractivity contribution in [1.29, 1.82) is 0 Å². The van der Waals surface area contributed by atoms with Crippen LogP contribution >= 0.6 is 0 Å². The Labute approximate surface area is 469 Å². The summed E-state index contributed by atoms with van der Waals surface area (Å²) >= 11 is 0. The quantitative estimate of drug-likeness (QED) is 0.0343. The highest BCUT2D eigenvalue weighted by Gasteiger charge is 2.20. The first-order valence-corrected chi connectivity index (χ1v) is 34.1. The molecular formula is C69H134O6. The van der Waals surface area contributed by atoms with Crippen LogP contribution in [0.5, 0.6) is 0 Å². The van der Waals surface area contributed by atoms with E-state index >= 15 is 0 Å². The maximum Gasteiger partial charge on any atom is 0.306 e. The molecule has 446 valence electrons. The van der Waals surface area contributed by atoms with Gasteiger partial charge in [-0.05, 0) is 37.0 Å². The topological polar surface area (TPSA) is 78.9 Å². The largest absolute Gasteiger partial charge is 0.462 e. The van der Waals surface area contributed by atoms with Crippen LogP contribution in [0.4, 0.5) is 0 Å². The summed E-state index contributed by atoms with van der Waals surface area (Å²) < 4.78 is 17.0. The Morgan fingerprint density at radius 1 is 0.267 bits per heavy atom. The molecule has 0 aliphatic carbocycles. The van der Waals surface area contributed by atoms with Gasteiger partial charge < -0.3 is 14.2 Å². The molecule has 0 amide bonds. The van der Waals surface area contributed by atoms with Crippen LogP contribution in [0.3, 0.4) is 0 Å². The minimum atomic E-state index is -0.765. The Kier molecular flexibility index (Phi) is 58.8. The Morgan fingerprint density at radius 2 is 0.467 bits per heavy atom. The maximum atomic E-state index is 12.9. The van der Waals surface area contributed by atoms with Crippen LogP contribution in [0.2, 0.25) is 0 Å². The van der Waals surface area contributed by atoms with E-state index in [1.54, 1.807) is 0 Å². The second-order valence-electron chi connectivity index (χ2n) is 25.0. The van der Waals surface area contributed by atoms with Crippen molar-refractivity contribution in [2.24, 2.45) is 17.8 Å². The number of hydrogen-bond donors (Lipinski definition) is 0. The van der Waals surface area contributed by atoms with Crippen molar-refractivity contribution >= 4 is 17.9 Å². The lowest BCUT2D eigenvalue weighted by atomic mass is 9.99. The van der Waals surface area contributed by atoms with Crippen LogP contribution in [0.25, 0.3) is 0 Å². The molecule has 0 aliphatic rings. The fourth-order valence-electron chi connectivity index (χ4n) is 10.7. The Morgan fingerprint density at radius 3 is 0.693 bits per heavy atom. The first-order chi connectivity index (χ1) is 36.6. The van der Waals surface area contributed by atoms with E-state index in [1.165, 1.54) is 270 Å². The molecule has 75 heavy (non-hydrogen) atoms. The molecule has 6 nitrogen and oxygen atoms in total. The van der Waals surface area contributed by atoms with E-state index in [0.717, 1.165) is 75.5 Å². The lowest BCUT2D eigenvalue weighted by molar-refractivity contribution is -0.167. The Bertz CT molecular complexity index is 1170. The van der Waals surface area contributed by atoms with Gasteiger partial charge in [0.05, 0.1) is 0 Å². The fourth-order valence-corrected chi connectivity index (χ4v) is 10.7. The van der Waals surface area contributed by atoms with E-state index in [9.17, 15) is 14.4 Å². The molecule has 0 aromatic carbocycles. The molecule has 1 unspecified atom stereocenters. The minimum absolute atomic E-state index is 0.0622. The summed E-state index contributed by atoms with van der Waals surface area (Å²) in [6, 6.07) is 0. The zero-order chi connectivity index (χ0) is 54.8. The monoisotopic (exact) mass is 1060 g/mol. The van der Waals surface area contributed by atoms with Crippen molar-refractivity contribution < 1.29 is 28.6 Å². The highest BCUT2D eigenvalue weighted by molar-refractivity contribution is 5.71. The zero-order valence-electron chi connectivity index (χ0n) is 51.9. The third kappa shape index (κ3) is 61.5. The van der Waals surface area contributed by atoms with E-state index in [0.29, 0.717) is 19.3 Å². The summed E-state index contributed by atoms with van der Waals surface area (Å²) in [6.45, 7) is 13.9. The lowest BCUT2D eigenvalue weighted by Crippen LogP contribution is -2.30. The molecular weight excluding hydrogens is 925 g/mol. The summed E-state index contributed by atoms with van der Waals surface area (Å²) in [5.41, 5.74) is 0. The van der Waals surface area contributed by atoms with Gasteiger partial charge in [0.2, 0.25) is 0 Å². The van der Waals surface area contributed by atoms with Gasteiger partial charge in [-0.1, -0.05) is 350 Å². The first-order valence-electron chi connectivity index (χ1n) is 34.1. The zero-order valence-corrected chi connectivity index (χ0v) is 51.9. The number of carbonyl (C=O) groups is 3. The van der Waals surface area contributed by atoms with Gasteiger partial charge in [-0.15, -0.1) is 0 Å². The normalized spacial score (nSPS) is 12.5. The second-order valence-corrected chi connectivity index (χ2v) is 25.0. The fraction of sp³-hybridized carbons (Fsp3) is 0.957. The van der Waals surface area contributed by atoms with E-state index in [2.05, 4.69) is 41.5 Å².